The molecule has 0 aliphatic carbocycles. The Bertz CT molecular complexity index is 1820. The van der Waals surface area contributed by atoms with E-state index in [1.54, 1.807) is 6.07 Å². The Balaban J connectivity index is 1.05. The molecule has 4 aromatic carbocycles. The monoisotopic (exact) mass is 635 g/mol. The summed E-state index contributed by atoms with van der Waals surface area (Å²) in [5, 5.41) is 5.04. The van der Waals surface area contributed by atoms with Gasteiger partial charge in [0, 0.05) is 40.6 Å². The van der Waals surface area contributed by atoms with Crippen LogP contribution in [0.25, 0.3) is 10.9 Å². The van der Waals surface area contributed by atoms with Gasteiger partial charge in [0.2, 0.25) is 0 Å². The topological polar surface area (TPSA) is 83.7 Å². The first-order valence-electron chi connectivity index (χ1n) is 15.8. The van der Waals surface area contributed by atoms with Crippen LogP contribution in [-0.2, 0) is 6.42 Å². The molecule has 2 N–H and O–H groups in total. The molecular weight excluding hydrogens is 598 g/mol. The Hall–Kier alpha value is -4.75. The predicted octanol–water partition coefficient (Wildman–Crippen LogP) is 8.28. The van der Waals surface area contributed by atoms with Crippen LogP contribution in [0.5, 0.6) is 17.2 Å². The molecule has 46 heavy (non-hydrogen) atoms. The van der Waals surface area contributed by atoms with Gasteiger partial charge in [-0.25, -0.2) is 0 Å². The number of aryl methyl sites for hydroxylation is 3. The maximum atomic E-state index is 13.6. The number of nitrogens with zero attached hydrogens (tertiary/aromatic N) is 1. The Morgan fingerprint density at radius 1 is 0.870 bits per heavy atom. The average Bonchev–Trinajstić information content (AvgIpc) is 3.45. The lowest BCUT2D eigenvalue weighted by Crippen LogP contribution is -2.46. The largest absolute Gasteiger partial charge is 0.494 e. The van der Waals surface area contributed by atoms with Crippen molar-refractivity contribution in [1.29, 1.82) is 0 Å². The fraction of sp³-hybridized carbons (Fsp3) is 0.263. The first-order valence-corrected chi connectivity index (χ1v) is 16.2. The van der Waals surface area contributed by atoms with E-state index in [2.05, 4.69) is 16.4 Å². The van der Waals surface area contributed by atoms with Crippen LogP contribution in [0.1, 0.15) is 56.8 Å². The fourth-order valence-electron chi connectivity index (χ4n) is 6.07. The number of aromatic nitrogens is 1. The lowest BCUT2D eigenvalue weighted by Gasteiger charge is -2.32. The van der Waals surface area contributed by atoms with Gasteiger partial charge in [-0.1, -0.05) is 54.1 Å². The molecule has 1 saturated heterocycles. The van der Waals surface area contributed by atoms with E-state index >= 15 is 0 Å². The summed E-state index contributed by atoms with van der Waals surface area (Å²) in [6, 6.07) is 28.7. The predicted molar refractivity (Wildman–Crippen MR) is 182 cm³/mol. The molecule has 2 heterocycles. The van der Waals surface area contributed by atoms with Crippen molar-refractivity contribution in [2.24, 2.45) is 0 Å². The number of piperidine rings is 1. The number of benzene rings is 4. The van der Waals surface area contributed by atoms with Crippen LogP contribution in [0.3, 0.4) is 0 Å². The van der Waals surface area contributed by atoms with Crippen molar-refractivity contribution in [2.75, 3.05) is 19.7 Å². The normalized spacial score (nSPS) is 13.5. The highest BCUT2D eigenvalue weighted by Crippen LogP contribution is 2.28. The summed E-state index contributed by atoms with van der Waals surface area (Å²) >= 11 is 6.31. The highest BCUT2D eigenvalue weighted by molar-refractivity contribution is 6.32. The summed E-state index contributed by atoms with van der Waals surface area (Å²) in [6.07, 6.45) is 2.81. The van der Waals surface area contributed by atoms with Crippen molar-refractivity contribution in [3.8, 4) is 17.2 Å². The smallest absolute Gasteiger partial charge is 0.268 e. The highest BCUT2D eigenvalue weighted by atomic mass is 35.5. The summed E-state index contributed by atoms with van der Waals surface area (Å²) in [4.78, 5) is 32.1. The third kappa shape index (κ3) is 7.21. The van der Waals surface area contributed by atoms with Gasteiger partial charge in [0.05, 0.1) is 6.61 Å². The Morgan fingerprint density at radius 2 is 1.57 bits per heavy atom. The van der Waals surface area contributed by atoms with Crippen LogP contribution >= 0.6 is 11.6 Å². The molecular formula is C38H38ClN3O4. The van der Waals surface area contributed by atoms with Crippen LogP contribution in [0.15, 0.2) is 91.0 Å². The maximum absolute atomic E-state index is 13.6. The van der Waals surface area contributed by atoms with Crippen LogP contribution in [0, 0.1) is 13.8 Å². The molecule has 0 bridgehead atoms. The van der Waals surface area contributed by atoms with E-state index in [1.807, 2.05) is 97.6 Å². The van der Waals surface area contributed by atoms with Gasteiger partial charge in [-0.05, 0) is 105 Å². The number of fused-ring (bicyclic) bond motifs is 1. The zero-order valence-corrected chi connectivity index (χ0v) is 26.9. The summed E-state index contributed by atoms with van der Waals surface area (Å²) in [5.74, 6) is 1.99. The molecule has 6 rings (SSSR count). The second kappa shape index (κ2) is 14.1. The number of para-hydroxylation sites is 2. The van der Waals surface area contributed by atoms with E-state index in [0.717, 1.165) is 50.5 Å². The molecule has 1 aliphatic rings. The number of amides is 2. The van der Waals surface area contributed by atoms with Gasteiger partial charge in [-0.3, -0.25) is 9.59 Å². The third-order valence-corrected chi connectivity index (χ3v) is 9.06. The first kappa shape index (κ1) is 31.2. The van der Waals surface area contributed by atoms with E-state index in [-0.39, 0.29) is 17.9 Å². The molecule has 0 atom stereocenters. The number of halogens is 1. The standard InChI is InChI=1S/C38H38ClN3O4/c1-25-22-31(23-26(2)35(25)39)45-21-9-15-33-32-14-6-7-16-34(32)41-36(33)37(43)40-28-17-19-42(20-18-28)38(44)27-10-8-13-30(24-27)46-29-11-4-3-5-12-29/h3-8,10-14,16,22-24,28,41H,9,15,17-21H2,1-2H3,(H,40,43). The number of hydrogen-bond donors (Lipinski definition) is 2. The second-order valence-corrected chi connectivity index (χ2v) is 12.2. The number of likely N-dealkylation sites (tertiary alicyclic amines) is 1. The molecule has 1 aromatic heterocycles. The molecule has 1 aliphatic heterocycles. The van der Waals surface area contributed by atoms with Crippen molar-refractivity contribution in [3.05, 3.63) is 124 Å². The highest BCUT2D eigenvalue weighted by Gasteiger charge is 2.27. The molecule has 2 amide bonds. The number of carbonyl (C=O) groups excluding carboxylic acids is 2. The molecule has 8 heteroatoms. The van der Waals surface area contributed by atoms with E-state index in [0.29, 0.717) is 56.0 Å². The van der Waals surface area contributed by atoms with Gasteiger partial charge in [-0.15, -0.1) is 0 Å². The third-order valence-electron chi connectivity index (χ3n) is 8.47. The van der Waals surface area contributed by atoms with Crippen molar-refractivity contribution >= 4 is 34.3 Å². The van der Waals surface area contributed by atoms with Gasteiger partial charge in [0.1, 0.15) is 22.9 Å². The van der Waals surface area contributed by atoms with E-state index in [9.17, 15) is 9.59 Å². The van der Waals surface area contributed by atoms with E-state index in [4.69, 9.17) is 21.1 Å². The molecule has 236 valence electrons. The number of hydrogen-bond acceptors (Lipinski definition) is 4. The van der Waals surface area contributed by atoms with Gasteiger partial charge in [-0.2, -0.15) is 0 Å². The van der Waals surface area contributed by atoms with Crippen molar-refractivity contribution in [2.45, 2.75) is 45.6 Å². The van der Waals surface area contributed by atoms with Crippen molar-refractivity contribution in [3.63, 3.8) is 0 Å². The average molecular weight is 636 g/mol. The quantitative estimate of drug-likeness (QED) is 0.151. The van der Waals surface area contributed by atoms with Crippen LogP contribution < -0.4 is 14.8 Å². The molecule has 0 unspecified atom stereocenters. The molecule has 7 nitrogen and oxygen atoms in total. The molecule has 0 spiro atoms. The summed E-state index contributed by atoms with van der Waals surface area (Å²) in [6.45, 7) is 5.60. The minimum Gasteiger partial charge on any atom is -0.494 e. The maximum Gasteiger partial charge on any atom is 0.268 e. The van der Waals surface area contributed by atoms with Crippen molar-refractivity contribution < 1.29 is 19.1 Å². The van der Waals surface area contributed by atoms with Gasteiger partial charge in [0.25, 0.3) is 11.8 Å². The molecule has 5 aromatic rings. The van der Waals surface area contributed by atoms with Gasteiger partial charge in [0.15, 0.2) is 0 Å². The van der Waals surface area contributed by atoms with Gasteiger partial charge >= 0.3 is 0 Å². The summed E-state index contributed by atoms with van der Waals surface area (Å²) < 4.78 is 12.0. The number of carbonyl (C=O) groups is 2. The summed E-state index contributed by atoms with van der Waals surface area (Å²) in [5.41, 5.74) is 5.09. The molecule has 1 fully saturated rings. The molecule has 0 radical (unpaired) electrons. The number of aromatic amines is 1. The SMILES string of the molecule is Cc1cc(OCCCc2c(C(=O)NC3CCN(C(=O)c4cccc(Oc5ccccc5)c4)CC3)[nH]c3ccccc23)cc(C)c1Cl. The fourth-order valence-corrected chi connectivity index (χ4v) is 6.18. The van der Waals surface area contributed by atoms with E-state index in [1.165, 1.54) is 0 Å². The Labute approximate surface area is 274 Å². The minimum absolute atomic E-state index is 0.0247. The molecule has 0 saturated carbocycles. The van der Waals surface area contributed by atoms with Crippen LogP contribution in [0.4, 0.5) is 0 Å². The zero-order chi connectivity index (χ0) is 32.0. The van der Waals surface area contributed by atoms with Crippen LogP contribution in [-0.4, -0.2) is 47.4 Å². The first-order chi connectivity index (χ1) is 22.4. The number of rotatable bonds is 10. The Kier molecular flexibility index (Phi) is 9.60. The van der Waals surface area contributed by atoms with Gasteiger partial charge < -0.3 is 24.7 Å². The number of H-pyrrole nitrogens is 1. The lowest BCUT2D eigenvalue weighted by atomic mass is 10.0. The minimum atomic E-state index is -0.119. The Morgan fingerprint density at radius 3 is 2.33 bits per heavy atom. The summed E-state index contributed by atoms with van der Waals surface area (Å²) in [7, 11) is 0. The number of ether oxygens (including phenoxy) is 2. The van der Waals surface area contributed by atoms with E-state index < -0.39 is 0 Å². The number of nitrogens with one attached hydrogen (secondary N) is 2. The van der Waals surface area contributed by atoms with Crippen LogP contribution in [0.2, 0.25) is 5.02 Å². The lowest BCUT2D eigenvalue weighted by molar-refractivity contribution is 0.0697. The zero-order valence-electron chi connectivity index (χ0n) is 26.1. The second-order valence-electron chi connectivity index (χ2n) is 11.8. The van der Waals surface area contributed by atoms with Crippen molar-refractivity contribution in [1.82, 2.24) is 15.2 Å².